The molecule has 208 valence electrons. The van der Waals surface area contributed by atoms with Crippen molar-refractivity contribution in [3.63, 3.8) is 0 Å². The van der Waals surface area contributed by atoms with Gasteiger partial charge in [0.1, 0.15) is 17.0 Å². The largest absolute Gasteiger partial charge is 0.478 e. The molecule has 0 bridgehead atoms. The SMILES string of the molecule is CC(C)(C)C[C@@H]1N[C@@H](C(=O)Nc2ccc(C(=O)O)cc2)[C@H](c2cc(Cl)ccc2F)[C@@]1(C#N)c1ccc(Cl)cc1F. The standard InChI is InChI=1S/C30H27Cl2F2N3O3/c1-29(2,3)14-24-30(15-35,21-10-6-18(32)13-23(21)34)25(20-12-17(31)7-11-22(20)33)26(37-24)27(38)36-19-8-4-16(5-9-19)28(39)40/h4-13,24-26,37H,14H2,1-3H3,(H,36,38)(H,39,40)/t24-,25-,26+,30-/m0/s1. The number of amides is 1. The van der Waals surface area contributed by atoms with Crippen molar-refractivity contribution in [1.29, 1.82) is 5.26 Å². The molecule has 3 aromatic carbocycles. The van der Waals surface area contributed by atoms with E-state index in [0.29, 0.717) is 12.1 Å². The quantitative estimate of drug-likeness (QED) is 0.291. The van der Waals surface area contributed by atoms with Crippen LogP contribution in [0.3, 0.4) is 0 Å². The Morgan fingerprint density at radius 3 is 2.23 bits per heavy atom. The van der Waals surface area contributed by atoms with Gasteiger partial charge in [0, 0.05) is 33.3 Å². The van der Waals surface area contributed by atoms with E-state index in [2.05, 4.69) is 16.7 Å². The second-order valence-corrected chi connectivity index (χ2v) is 12.0. The maximum Gasteiger partial charge on any atom is 0.335 e. The Balaban J connectivity index is 1.92. The average Bonchev–Trinajstić information content (AvgIpc) is 3.18. The Morgan fingerprint density at radius 1 is 1.02 bits per heavy atom. The molecule has 1 amide bonds. The van der Waals surface area contributed by atoms with E-state index in [0.717, 1.165) is 12.1 Å². The molecular formula is C30H27Cl2F2N3O3. The zero-order valence-corrected chi connectivity index (χ0v) is 23.4. The zero-order chi connectivity index (χ0) is 29.4. The molecule has 0 spiro atoms. The molecule has 3 aromatic rings. The molecule has 1 fully saturated rings. The summed E-state index contributed by atoms with van der Waals surface area (Å²) < 4.78 is 31.2. The predicted molar refractivity (Wildman–Crippen MR) is 150 cm³/mol. The minimum Gasteiger partial charge on any atom is -0.478 e. The van der Waals surface area contributed by atoms with E-state index in [1.165, 1.54) is 48.5 Å². The molecule has 0 saturated carbocycles. The lowest BCUT2D eigenvalue weighted by atomic mass is 9.62. The van der Waals surface area contributed by atoms with Crippen molar-refractivity contribution < 1.29 is 23.5 Å². The van der Waals surface area contributed by atoms with Crippen LogP contribution in [0.5, 0.6) is 0 Å². The lowest BCUT2D eigenvalue weighted by Crippen LogP contribution is -2.44. The number of carbonyl (C=O) groups is 2. The van der Waals surface area contributed by atoms with E-state index >= 15 is 8.78 Å². The van der Waals surface area contributed by atoms with Crippen molar-refractivity contribution in [2.75, 3.05) is 5.32 Å². The van der Waals surface area contributed by atoms with Gasteiger partial charge in [-0.15, -0.1) is 0 Å². The second kappa shape index (κ2) is 11.2. The van der Waals surface area contributed by atoms with Crippen LogP contribution in [0.25, 0.3) is 0 Å². The highest BCUT2D eigenvalue weighted by Crippen LogP contribution is 2.52. The Bertz CT molecular complexity index is 1500. The van der Waals surface area contributed by atoms with E-state index in [4.69, 9.17) is 23.2 Å². The number of carbonyl (C=O) groups excluding carboxylic acids is 1. The Kier molecular flexibility index (Phi) is 8.23. The summed E-state index contributed by atoms with van der Waals surface area (Å²) >= 11 is 12.3. The van der Waals surface area contributed by atoms with E-state index in [-0.39, 0.29) is 32.2 Å². The van der Waals surface area contributed by atoms with Crippen LogP contribution in [0.2, 0.25) is 10.0 Å². The molecule has 0 aromatic heterocycles. The second-order valence-electron chi connectivity index (χ2n) is 11.1. The van der Waals surface area contributed by atoms with Gasteiger partial charge < -0.3 is 15.7 Å². The number of halogens is 4. The molecule has 4 rings (SSSR count). The first-order chi connectivity index (χ1) is 18.8. The molecule has 0 radical (unpaired) electrons. The summed E-state index contributed by atoms with van der Waals surface area (Å²) in [4.78, 5) is 25.1. The van der Waals surface area contributed by atoms with Gasteiger partial charge in [0.15, 0.2) is 0 Å². The first kappa shape index (κ1) is 29.5. The maximum atomic E-state index is 15.7. The summed E-state index contributed by atoms with van der Waals surface area (Å²) in [7, 11) is 0. The fraction of sp³-hybridized carbons (Fsp3) is 0.300. The molecule has 40 heavy (non-hydrogen) atoms. The Morgan fingerprint density at radius 2 is 1.65 bits per heavy atom. The van der Waals surface area contributed by atoms with Crippen LogP contribution < -0.4 is 10.6 Å². The first-order valence-electron chi connectivity index (χ1n) is 12.5. The van der Waals surface area contributed by atoms with Crippen LogP contribution in [0.1, 0.15) is 54.6 Å². The molecule has 0 unspecified atom stereocenters. The van der Waals surface area contributed by atoms with Crippen LogP contribution >= 0.6 is 23.2 Å². The van der Waals surface area contributed by atoms with Gasteiger partial charge in [-0.1, -0.05) is 50.0 Å². The molecule has 10 heteroatoms. The molecule has 6 nitrogen and oxygen atoms in total. The number of aromatic carboxylic acids is 1. The van der Waals surface area contributed by atoms with Crippen molar-refractivity contribution >= 4 is 40.8 Å². The van der Waals surface area contributed by atoms with Gasteiger partial charge in [-0.2, -0.15) is 5.26 Å². The van der Waals surface area contributed by atoms with Crippen LogP contribution in [0, 0.1) is 28.4 Å². The van der Waals surface area contributed by atoms with Gasteiger partial charge in [0.25, 0.3) is 0 Å². The van der Waals surface area contributed by atoms with Crippen LogP contribution in [0.4, 0.5) is 14.5 Å². The van der Waals surface area contributed by atoms with Gasteiger partial charge in [-0.3, -0.25) is 4.79 Å². The minimum absolute atomic E-state index is 0.0197. The molecule has 4 atom stereocenters. The van der Waals surface area contributed by atoms with Gasteiger partial charge in [-0.05, 0) is 72.0 Å². The Labute approximate surface area is 240 Å². The fourth-order valence-electron chi connectivity index (χ4n) is 5.47. The highest BCUT2D eigenvalue weighted by atomic mass is 35.5. The normalized spacial score (nSPS) is 22.5. The van der Waals surface area contributed by atoms with Crippen LogP contribution in [0.15, 0.2) is 60.7 Å². The number of carboxylic acid groups (broad SMARTS) is 1. The van der Waals surface area contributed by atoms with E-state index in [1.54, 1.807) is 0 Å². The average molecular weight is 586 g/mol. The molecule has 3 N–H and O–H groups in total. The van der Waals surface area contributed by atoms with E-state index in [1.807, 2.05) is 20.8 Å². The van der Waals surface area contributed by atoms with Crippen molar-refractivity contribution in [3.05, 3.63) is 99.0 Å². The topological polar surface area (TPSA) is 102 Å². The highest BCUT2D eigenvalue weighted by molar-refractivity contribution is 6.30. The van der Waals surface area contributed by atoms with Gasteiger partial charge in [0.2, 0.25) is 5.91 Å². The zero-order valence-electron chi connectivity index (χ0n) is 21.9. The summed E-state index contributed by atoms with van der Waals surface area (Å²) in [6.45, 7) is 5.84. The Hall–Kier alpha value is -3.51. The number of nitrogens with one attached hydrogen (secondary N) is 2. The van der Waals surface area contributed by atoms with Crippen LogP contribution in [-0.4, -0.2) is 29.1 Å². The van der Waals surface area contributed by atoms with Gasteiger partial charge in [-0.25, -0.2) is 13.6 Å². The maximum absolute atomic E-state index is 15.7. The number of nitrogens with zero attached hydrogens (tertiary/aromatic N) is 1. The number of rotatable bonds is 6. The van der Waals surface area contributed by atoms with Crippen LogP contribution in [-0.2, 0) is 10.2 Å². The third kappa shape index (κ3) is 5.68. The van der Waals surface area contributed by atoms with Crippen molar-refractivity contribution in [2.24, 2.45) is 5.41 Å². The first-order valence-corrected chi connectivity index (χ1v) is 13.2. The fourth-order valence-corrected chi connectivity index (χ4v) is 5.80. The lowest BCUT2D eigenvalue weighted by molar-refractivity contribution is -0.118. The number of hydrogen-bond acceptors (Lipinski definition) is 4. The number of anilines is 1. The monoisotopic (exact) mass is 585 g/mol. The molecule has 1 aliphatic heterocycles. The number of benzene rings is 3. The van der Waals surface area contributed by atoms with E-state index in [9.17, 15) is 20.0 Å². The number of hydrogen-bond donors (Lipinski definition) is 3. The third-order valence-electron chi connectivity index (χ3n) is 7.11. The summed E-state index contributed by atoms with van der Waals surface area (Å²) in [5, 5.41) is 26.3. The lowest BCUT2D eigenvalue weighted by Gasteiger charge is -2.37. The minimum atomic E-state index is -1.75. The van der Waals surface area contributed by atoms with Gasteiger partial charge in [0.05, 0.1) is 17.7 Å². The summed E-state index contributed by atoms with van der Waals surface area (Å²) in [6, 6.07) is 13.6. The molecule has 1 heterocycles. The van der Waals surface area contributed by atoms with E-state index < -0.39 is 46.9 Å². The van der Waals surface area contributed by atoms with Crippen molar-refractivity contribution in [1.82, 2.24) is 5.32 Å². The van der Waals surface area contributed by atoms with Crippen molar-refractivity contribution in [2.45, 2.75) is 50.6 Å². The highest BCUT2D eigenvalue weighted by Gasteiger charge is 2.61. The summed E-state index contributed by atoms with van der Waals surface area (Å²) in [6.07, 6.45) is 0.332. The summed E-state index contributed by atoms with van der Waals surface area (Å²) in [5.41, 5.74) is -1.84. The predicted octanol–water partition coefficient (Wildman–Crippen LogP) is 6.93. The molecule has 1 saturated heterocycles. The van der Waals surface area contributed by atoms with Gasteiger partial charge >= 0.3 is 5.97 Å². The third-order valence-corrected chi connectivity index (χ3v) is 7.58. The smallest absolute Gasteiger partial charge is 0.335 e. The molecule has 1 aliphatic rings. The number of nitriles is 1. The van der Waals surface area contributed by atoms with Crippen molar-refractivity contribution in [3.8, 4) is 6.07 Å². The molecule has 0 aliphatic carbocycles. The summed E-state index contributed by atoms with van der Waals surface area (Å²) in [5.74, 6) is -4.41. The number of carboxylic acids is 1. The molecular weight excluding hydrogens is 559 g/mol.